The third-order valence-corrected chi connectivity index (χ3v) is 3.78. The molecule has 0 spiro atoms. The minimum absolute atomic E-state index is 0.135. The highest BCUT2D eigenvalue weighted by Gasteiger charge is 2.17. The van der Waals surface area contributed by atoms with Crippen LogP contribution in [0.25, 0.3) is 11.4 Å². The third kappa shape index (κ3) is 4.22. The van der Waals surface area contributed by atoms with Crippen LogP contribution in [0, 0.1) is 6.92 Å². The average molecular weight is 373 g/mol. The molecule has 1 heterocycles. The predicted molar refractivity (Wildman–Crippen MR) is 96.3 cm³/mol. The van der Waals surface area contributed by atoms with Crippen molar-refractivity contribution in [2.75, 3.05) is 12.4 Å². The van der Waals surface area contributed by atoms with E-state index in [1.165, 1.54) is 25.3 Å². The molecule has 0 aliphatic heterocycles. The fourth-order valence-electron chi connectivity index (χ4n) is 2.55. The van der Waals surface area contributed by atoms with E-state index in [2.05, 4.69) is 20.0 Å². The molecule has 0 aliphatic rings. The van der Waals surface area contributed by atoms with E-state index in [0.717, 1.165) is 5.56 Å². The Kier molecular flexibility index (Phi) is 5.35. The molecule has 0 radical (unpaired) electrons. The number of methoxy groups -OCH3 is 1. The average Bonchev–Trinajstić information content (AvgIpc) is 3.04. The number of nitrogens with one attached hydrogen (secondary N) is 2. The Hall–Kier alpha value is -3.42. The molecule has 3 aromatic rings. The maximum atomic E-state index is 12.6. The Labute approximate surface area is 154 Å². The molecular weight excluding hydrogens is 356 g/mol. The topological polar surface area (TPSA) is 76.2 Å². The van der Waals surface area contributed by atoms with Crippen LogP contribution in [0.1, 0.15) is 16.2 Å². The number of hydrogen-bond donors (Lipinski definition) is 2. The second-order valence-corrected chi connectivity index (χ2v) is 5.62. The number of rotatable bonds is 6. The van der Waals surface area contributed by atoms with Crippen molar-refractivity contribution in [3.8, 4) is 22.9 Å². The molecule has 0 saturated heterocycles. The van der Waals surface area contributed by atoms with Gasteiger partial charge >= 0.3 is 6.61 Å². The number of amides is 1. The van der Waals surface area contributed by atoms with E-state index in [1.807, 2.05) is 30.3 Å². The monoisotopic (exact) mass is 373 g/mol. The maximum absolute atomic E-state index is 12.6. The zero-order valence-electron chi connectivity index (χ0n) is 14.6. The van der Waals surface area contributed by atoms with Crippen LogP contribution in [-0.2, 0) is 0 Å². The Morgan fingerprint density at radius 1 is 1.15 bits per heavy atom. The van der Waals surface area contributed by atoms with Crippen LogP contribution in [-0.4, -0.2) is 29.6 Å². The third-order valence-electron chi connectivity index (χ3n) is 3.78. The number of ether oxygens (including phenoxy) is 2. The van der Waals surface area contributed by atoms with Crippen LogP contribution < -0.4 is 14.8 Å². The number of carbonyl (C=O) groups excluding carboxylic acids is 1. The number of H-pyrrole nitrogens is 1. The van der Waals surface area contributed by atoms with Crippen LogP contribution in [0.2, 0.25) is 0 Å². The minimum Gasteiger partial charge on any atom is -0.493 e. The van der Waals surface area contributed by atoms with E-state index in [0.29, 0.717) is 11.5 Å². The molecule has 27 heavy (non-hydrogen) atoms. The van der Waals surface area contributed by atoms with Gasteiger partial charge in [-0.05, 0) is 19.1 Å². The van der Waals surface area contributed by atoms with E-state index in [1.54, 1.807) is 6.92 Å². The first-order valence-electron chi connectivity index (χ1n) is 8.04. The molecule has 1 amide bonds. The van der Waals surface area contributed by atoms with Crippen molar-refractivity contribution in [2.24, 2.45) is 0 Å². The van der Waals surface area contributed by atoms with Crippen molar-refractivity contribution < 1.29 is 23.0 Å². The van der Waals surface area contributed by atoms with Gasteiger partial charge in [0.15, 0.2) is 11.5 Å². The predicted octanol–water partition coefficient (Wildman–Crippen LogP) is 4.25. The zero-order chi connectivity index (χ0) is 19.4. The molecule has 0 fully saturated rings. The molecule has 6 nitrogen and oxygen atoms in total. The molecule has 0 bridgehead atoms. The summed E-state index contributed by atoms with van der Waals surface area (Å²) in [5.74, 6) is 0.0541. The molecule has 3 rings (SSSR count). The van der Waals surface area contributed by atoms with Crippen molar-refractivity contribution in [2.45, 2.75) is 13.5 Å². The number of carbonyl (C=O) groups is 1. The molecule has 0 atom stereocenters. The number of halogens is 2. The first-order valence-corrected chi connectivity index (χ1v) is 8.04. The fraction of sp³-hybridized carbons (Fsp3) is 0.158. The summed E-state index contributed by atoms with van der Waals surface area (Å²) in [6, 6.07) is 13.6. The SMILES string of the molecule is COc1ccc(NC(=O)c2nc(-c3ccccc3)[nH]c2C)cc1OC(F)F. The van der Waals surface area contributed by atoms with Gasteiger partial charge in [0.05, 0.1) is 7.11 Å². The lowest BCUT2D eigenvalue weighted by Crippen LogP contribution is -2.14. The van der Waals surface area contributed by atoms with E-state index in [9.17, 15) is 13.6 Å². The highest BCUT2D eigenvalue weighted by molar-refractivity contribution is 6.04. The number of nitrogens with zero attached hydrogens (tertiary/aromatic N) is 1. The zero-order valence-corrected chi connectivity index (χ0v) is 14.6. The molecule has 0 unspecified atom stereocenters. The number of aromatic nitrogens is 2. The number of hydrogen-bond acceptors (Lipinski definition) is 4. The number of alkyl halides is 2. The van der Waals surface area contributed by atoms with Crippen molar-refractivity contribution in [1.82, 2.24) is 9.97 Å². The van der Waals surface area contributed by atoms with Crippen LogP contribution >= 0.6 is 0 Å². The Morgan fingerprint density at radius 2 is 1.89 bits per heavy atom. The van der Waals surface area contributed by atoms with E-state index >= 15 is 0 Å². The van der Waals surface area contributed by atoms with E-state index < -0.39 is 12.5 Å². The number of aromatic amines is 1. The summed E-state index contributed by atoms with van der Waals surface area (Å²) in [7, 11) is 1.34. The van der Waals surface area contributed by atoms with Gasteiger partial charge in [-0.25, -0.2) is 4.98 Å². The lowest BCUT2D eigenvalue weighted by molar-refractivity contribution is -0.0511. The molecule has 1 aromatic heterocycles. The van der Waals surface area contributed by atoms with Gasteiger partial charge in [0.2, 0.25) is 0 Å². The van der Waals surface area contributed by atoms with Crippen molar-refractivity contribution in [3.05, 3.63) is 59.9 Å². The molecule has 0 saturated carbocycles. The fourth-order valence-corrected chi connectivity index (χ4v) is 2.55. The first-order chi connectivity index (χ1) is 13.0. The number of imidazole rings is 1. The van der Waals surface area contributed by atoms with Crippen LogP contribution in [0.15, 0.2) is 48.5 Å². The second kappa shape index (κ2) is 7.86. The quantitative estimate of drug-likeness (QED) is 0.677. The summed E-state index contributed by atoms with van der Waals surface area (Å²) >= 11 is 0. The lowest BCUT2D eigenvalue weighted by atomic mass is 10.2. The van der Waals surface area contributed by atoms with Gasteiger partial charge in [0.1, 0.15) is 11.5 Å². The van der Waals surface area contributed by atoms with Crippen molar-refractivity contribution in [1.29, 1.82) is 0 Å². The van der Waals surface area contributed by atoms with Gasteiger partial charge in [-0.1, -0.05) is 30.3 Å². The summed E-state index contributed by atoms with van der Waals surface area (Å²) < 4.78 is 34.5. The van der Waals surface area contributed by atoms with Gasteiger partial charge in [0.25, 0.3) is 5.91 Å². The smallest absolute Gasteiger partial charge is 0.387 e. The van der Waals surface area contributed by atoms with Gasteiger partial charge in [-0.2, -0.15) is 8.78 Å². The largest absolute Gasteiger partial charge is 0.493 e. The summed E-state index contributed by atoms with van der Waals surface area (Å²) in [6.45, 7) is -1.28. The Balaban J connectivity index is 1.82. The van der Waals surface area contributed by atoms with Gasteiger partial charge in [-0.15, -0.1) is 0 Å². The molecular formula is C19H17F2N3O3. The number of anilines is 1. The molecule has 140 valence electrons. The van der Waals surface area contributed by atoms with Crippen LogP contribution in [0.4, 0.5) is 14.5 Å². The minimum atomic E-state index is -3.01. The Bertz CT molecular complexity index is 943. The van der Waals surface area contributed by atoms with Gasteiger partial charge < -0.3 is 19.8 Å². The van der Waals surface area contributed by atoms with Crippen molar-refractivity contribution >= 4 is 11.6 Å². The summed E-state index contributed by atoms with van der Waals surface area (Å²) in [5.41, 5.74) is 1.92. The summed E-state index contributed by atoms with van der Waals surface area (Å²) in [5, 5.41) is 2.63. The highest BCUT2D eigenvalue weighted by Crippen LogP contribution is 2.31. The molecule has 0 aliphatic carbocycles. The molecule has 2 N–H and O–H groups in total. The Morgan fingerprint density at radius 3 is 2.56 bits per heavy atom. The first kappa shape index (κ1) is 18.4. The highest BCUT2D eigenvalue weighted by atomic mass is 19.3. The summed E-state index contributed by atoms with van der Waals surface area (Å²) in [6.07, 6.45) is 0. The van der Waals surface area contributed by atoms with Crippen LogP contribution in [0.3, 0.4) is 0 Å². The molecule has 8 heteroatoms. The number of aryl methyl sites for hydroxylation is 1. The number of benzene rings is 2. The lowest BCUT2D eigenvalue weighted by Gasteiger charge is -2.12. The van der Waals surface area contributed by atoms with Crippen LogP contribution in [0.5, 0.6) is 11.5 Å². The van der Waals surface area contributed by atoms with Gasteiger partial charge in [-0.3, -0.25) is 4.79 Å². The van der Waals surface area contributed by atoms with E-state index in [4.69, 9.17) is 4.74 Å². The van der Waals surface area contributed by atoms with E-state index in [-0.39, 0.29) is 22.9 Å². The van der Waals surface area contributed by atoms with Crippen molar-refractivity contribution in [3.63, 3.8) is 0 Å². The maximum Gasteiger partial charge on any atom is 0.387 e. The molecule has 2 aromatic carbocycles. The van der Waals surface area contributed by atoms with Gasteiger partial charge in [0, 0.05) is 23.0 Å². The standard InChI is InChI=1S/C19H17F2N3O3/c1-11-16(24-17(22-11)12-6-4-3-5-7-12)18(25)23-13-8-9-14(26-2)15(10-13)27-19(20)21/h3-10,19H,1-2H3,(H,22,24)(H,23,25). The second-order valence-electron chi connectivity index (χ2n) is 5.62. The summed E-state index contributed by atoms with van der Waals surface area (Å²) in [4.78, 5) is 20.0. The normalized spacial score (nSPS) is 10.7.